The van der Waals surface area contributed by atoms with Crippen LogP contribution < -0.4 is 5.32 Å². The number of carbonyl (C=O) groups excluding carboxylic acids is 3. The van der Waals surface area contributed by atoms with Gasteiger partial charge in [0.15, 0.2) is 0 Å². The molecule has 3 unspecified atom stereocenters. The van der Waals surface area contributed by atoms with Crippen LogP contribution in [0.5, 0.6) is 0 Å². The third-order valence-corrected chi connectivity index (χ3v) is 13.7. The molecule has 0 aromatic heterocycles. The number of aliphatic hydroxyl groups excluding tert-OH is 2. The van der Waals surface area contributed by atoms with Gasteiger partial charge in [0.05, 0.1) is 24.0 Å². The average molecular weight is 579 g/mol. The Balaban J connectivity index is 1.28. The summed E-state index contributed by atoms with van der Waals surface area (Å²) in [5.74, 6) is 0.167. The van der Waals surface area contributed by atoms with Gasteiger partial charge in [-0.1, -0.05) is 33.8 Å². The summed E-state index contributed by atoms with van der Waals surface area (Å²) in [4.78, 5) is 37.8. The molecule has 0 bridgehead atoms. The molecule has 0 heterocycles. The highest BCUT2D eigenvalue weighted by atomic mass is 32.2. The van der Waals surface area contributed by atoms with Crippen molar-refractivity contribution in [3.63, 3.8) is 0 Å². The number of ketones is 1. The van der Waals surface area contributed by atoms with Gasteiger partial charge >= 0.3 is 11.9 Å². The van der Waals surface area contributed by atoms with E-state index >= 15 is 0 Å². The smallest absolute Gasteiger partial charge is 0.316 e. The van der Waals surface area contributed by atoms with Crippen molar-refractivity contribution in [1.29, 1.82) is 0 Å². The topological polar surface area (TPSA) is 127 Å². The van der Waals surface area contributed by atoms with Gasteiger partial charge in [-0.3, -0.25) is 14.4 Å². The van der Waals surface area contributed by atoms with E-state index < -0.39 is 29.1 Å². The van der Waals surface area contributed by atoms with Crippen LogP contribution in [0.15, 0.2) is 12.7 Å². The maximum Gasteiger partial charge on any atom is 0.316 e. The monoisotopic (exact) mass is 578 g/mol. The van der Waals surface area contributed by atoms with E-state index in [1.54, 1.807) is 0 Å². The fourth-order valence-corrected chi connectivity index (χ4v) is 11.1. The first-order valence-corrected chi connectivity index (χ1v) is 16.1. The zero-order valence-corrected chi connectivity index (χ0v) is 25.5. The van der Waals surface area contributed by atoms with E-state index in [4.69, 9.17) is 9.47 Å². The first-order chi connectivity index (χ1) is 18.8. The van der Waals surface area contributed by atoms with Gasteiger partial charge in [0.25, 0.3) is 0 Å². The highest BCUT2D eigenvalue weighted by Crippen LogP contribution is 2.91. The number of esters is 2. The van der Waals surface area contributed by atoms with Gasteiger partial charge in [0, 0.05) is 47.7 Å². The molecule has 40 heavy (non-hydrogen) atoms. The number of rotatable bonds is 8. The van der Waals surface area contributed by atoms with Crippen molar-refractivity contribution < 1.29 is 39.4 Å². The molecule has 0 saturated heterocycles. The summed E-state index contributed by atoms with van der Waals surface area (Å²) in [5.41, 5.74) is -1.64. The predicted octanol–water partition coefficient (Wildman–Crippen LogP) is 2.60. The molecule has 5 saturated carbocycles. The van der Waals surface area contributed by atoms with Crippen molar-refractivity contribution in [1.82, 2.24) is 0 Å². The lowest BCUT2D eigenvalue weighted by Crippen LogP contribution is -2.91. The van der Waals surface area contributed by atoms with E-state index in [2.05, 4.69) is 27.4 Å². The minimum atomic E-state index is -0.670. The van der Waals surface area contributed by atoms with E-state index in [0.717, 1.165) is 25.7 Å². The maximum atomic E-state index is 13.4. The number of Topliss-reactive ketones (excluding diaryl/α,β-unsaturated/α-hetero) is 1. The van der Waals surface area contributed by atoms with E-state index in [1.807, 2.05) is 18.3 Å². The molecule has 12 atom stereocenters. The Kier molecular flexibility index (Phi) is 7.80. The number of nitrogens with two attached hydrogens (primary N) is 1. The second-order valence-corrected chi connectivity index (χ2v) is 15.2. The summed E-state index contributed by atoms with van der Waals surface area (Å²) in [6.45, 7) is 14.3. The average Bonchev–Trinajstić information content (AvgIpc) is 3.27. The molecule has 2 spiro atoms. The Morgan fingerprint density at radius 2 is 1.93 bits per heavy atom. The van der Waals surface area contributed by atoms with Crippen molar-refractivity contribution in [3.05, 3.63) is 12.7 Å². The van der Waals surface area contributed by atoms with E-state index in [0.29, 0.717) is 25.0 Å². The molecule has 0 amide bonds. The number of hydrogen-bond acceptors (Lipinski definition) is 8. The second-order valence-electron chi connectivity index (χ2n) is 14.0. The highest BCUT2D eigenvalue weighted by Gasteiger charge is 2.92. The molecule has 0 radical (unpaired) electrons. The second kappa shape index (κ2) is 10.4. The van der Waals surface area contributed by atoms with Crippen molar-refractivity contribution >= 4 is 29.5 Å². The molecule has 0 aliphatic heterocycles. The Hall–Kier alpha value is -1.42. The Morgan fingerprint density at radius 3 is 2.58 bits per heavy atom. The van der Waals surface area contributed by atoms with Crippen molar-refractivity contribution in [3.8, 4) is 0 Å². The minimum absolute atomic E-state index is 0.0335. The van der Waals surface area contributed by atoms with Crippen LogP contribution in [0, 0.1) is 39.4 Å². The molecule has 0 aromatic rings. The SMILES string of the molecule is C=C[C@]1(C)C[C@@H](OC(=O)CS[C@@H]2CCC([NH2+]COC(C)=O)C[C@H]2O)[C@]2(C)C(C)C[C@@]34C(=O)CCC3([C@H]24)[C@@H](C)[C@@H]1O. The van der Waals surface area contributed by atoms with E-state index in [1.165, 1.54) is 18.7 Å². The van der Waals surface area contributed by atoms with Gasteiger partial charge in [-0.15, -0.1) is 18.3 Å². The van der Waals surface area contributed by atoms with Crippen molar-refractivity contribution in [2.24, 2.45) is 39.4 Å². The van der Waals surface area contributed by atoms with E-state index in [-0.39, 0.29) is 64.3 Å². The van der Waals surface area contributed by atoms with Gasteiger partial charge in [-0.05, 0) is 48.9 Å². The van der Waals surface area contributed by atoms with Gasteiger partial charge in [-0.25, -0.2) is 0 Å². The predicted molar refractivity (Wildman–Crippen MR) is 151 cm³/mol. The van der Waals surface area contributed by atoms with Crippen LogP contribution in [0.2, 0.25) is 0 Å². The third kappa shape index (κ3) is 4.23. The number of carbonyl (C=O) groups is 3. The standard InChI is InChI=1S/C31H47NO7S/c1-7-28(5)14-24(39-25(36)15-40-22-9-8-20(12-21(22)34)32-16-38-19(4)33)29(6)17(2)13-31-23(35)10-11-30(31,27(29)31)18(3)26(28)37/h7,17-18,20-22,24,26-27,32,34,37H,1,8-16H2,2-6H3/p+1/t17?,18-,20?,21+,22+,24+,26-,27-,28+,29-,30?,31-/m0/s1. The van der Waals surface area contributed by atoms with Crippen molar-refractivity contribution in [2.45, 2.75) is 109 Å². The Bertz CT molecular complexity index is 1070. The maximum absolute atomic E-state index is 13.4. The number of ether oxygens (including phenoxy) is 2. The molecule has 9 heteroatoms. The lowest BCUT2D eigenvalue weighted by molar-refractivity contribution is -0.717. The highest BCUT2D eigenvalue weighted by molar-refractivity contribution is 8.00. The van der Waals surface area contributed by atoms with Crippen LogP contribution in [0.3, 0.4) is 0 Å². The molecule has 5 fully saturated rings. The van der Waals surface area contributed by atoms with Gasteiger partial charge in [-0.2, -0.15) is 0 Å². The van der Waals surface area contributed by atoms with Crippen LogP contribution in [-0.2, 0) is 23.9 Å². The Labute approximate surface area is 242 Å². The van der Waals surface area contributed by atoms with Crippen LogP contribution in [0.4, 0.5) is 0 Å². The lowest BCUT2D eigenvalue weighted by Gasteiger charge is -2.51. The summed E-state index contributed by atoms with van der Waals surface area (Å²) in [5, 5.41) is 24.3. The van der Waals surface area contributed by atoms with Gasteiger partial charge < -0.3 is 25.0 Å². The largest absolute Gasteiger partial charge is 0.461 e. The summed E-state index contributed by atoms with van der Waals surface area (Å²) >= 11 is 1.45. The first-order valence-electron chi connectivity index (χ1n) is 15.1. The van der Waals surface area contributed by atoms with Gasteiger partial charge in [0.2, 0.25) is 6.73 Å². The fraction of sp³-hybridized carbons (Fsp3) is 0.839. The number of aliphatic hydroxyl groups is 2. The molecular formula is C31H48NO7S+. The van der Waals surface area contributed by atoms with Gasteiger partial charge in [0.1, 0.15) is 11.9 Å². The van der Waals surface area contributed by atoms with Crippen LogP contribution >= 0.6 is 11.8 Å². The first kappa shape index (κ1) is 30.1. The zero-order valence-electron chi connectivity index (χ0n) is 24.7. The van der Waals surface area contributed by atoms with Crippen LogP contribution in [0.1, 0.15) is 79.6 Å². The molecule has 4 N–H and O–H groups in total. The van der Waals surface area contributed by atoms with Crippen molar-refractivity contribution in [2.75, 3.05) is 12.5 Å². The van der Waals surface area contributed by atoms with Crippen LogP contribution in [-0.4, -0.2) is 70.0 Å². The lowest BCUT2D eigenvalue weighted by atomic mass is 9.57. The number of quaternary nitrogens is 1. The van der Waals surface area contributed by atoms with Crippen LogP contribution in [0.25, 0.3) is 0 Å². The molecule has 8 nitrogen and oxygen atoms in total. The fourth-order valence-electron chi connectivity index (χ4n) is 10.0. The number of hydrogen-bond donors (Lipinski definition) is 3. The zero-order chi connectivity index (χ0) is 29.3. The molecular weight excluding hydrogens is 530 g/mol. The molecule has 224 valence electrons. The quantitative estimate of drug-likeness (QED) is 0.228. The Morgan fingerprint density at radius 1 is 1.20 bits per heavy atom. The summed E-state index contributed by atoms with van der Waals surface area (Å²) < 4.78 is 11.4. The molecule has 0 aromatic carbocycles. The third-order valence-electron chi connectivity index (χ3n) is 12.3. The summed E-state index contributed by atoms with van der Waals surface area (Å²) in [6.07, 6.45) is 5.06. The normalized spacial score (nSPS) is 49.3. The molecule has 5 aliphatic carbocycles. The summed E-state index contributed by atoms with van der Waals surface area (Å²) in [6, 6.07) is 0.183. The number of thioether (sulfide) groups is 1. The summed E-state index contributed by atoms with van der Waals surface area (Å²) in [7, 11) is 0. The molecule has 5 rings (SSSR count). The molecule has 5 aliphatic rings. The van der Waals surface area contributed by atoms with E-state index in [9.17, 15) is 24.6 Å². The minimum Gasteiger partial charge on any atom is -0.461 e.